The van der Waals surface area contributed by atoms with E-state index in [1.165, 1.54) is 11.6 Å². The first-order valence-electron chi connectivity index (χ1n) is 16.2. The minimum absolute atomic E-state index is 0.241. The van der Waals surface area contributed by atoms with Gasteiger partial charge in [-0.05, 0) is 88.9 Å². The number of carbonyl (C=O) groups is 1. The Kier molecular flexibility index (Phi) is 7.57. The van der Waals surface area contributed by atoms with Gasteiger partial charge in [-0.25, -0.2) is 14.2 Å². The molecule has 0 atom stereocenters. The van der Waals surface area contributed by atoms with Gasteiger partial charge in [0, 0.05) is 71.8 Å². The molecule has 0 bridgehead atoms. The summed E-state index contributed by atoms with van der Waals surface area (Å²) >= 11 is 0. The molecule has 1 saturated heterocycles. The summed E-state index contributed by atoms with van der Waals surface area (Å²) in [7, 11) is 0. The standard InChI is InChI=1S/C37H41FN6O2/c1-23-33(24(2)44(41-23)22-25-7-6-8-28(38)19-25)32-21-39-35-31(32)20-30(34(40-35)27-9-10-27)26-11-13-29(14-12-26)42-15-17-43(18-16-42)36(45)46-37(3,4)5/h6-8,11-14,19-21,27H,9-10,15-18,22H2,1-5H3,(H,39,40). The van der Waals surface area contributed by atoms with Gasteiger partial charge in [0.25, 0.3) is 0 Å². The number of H-pyrrole nitrogens is 1. The molecule has 46 heavy (non-hydrogen) atoms. The second-order valence-corrected chi connectivity index (χ2v) is 13.6. The fraction of sp³-hybridized carbons (Fsp3) is 0.378. The highest BCUT2D eigenvalue weighted by Gasteiger charge is 2.30. The maximum Gasteiger partial charge on any atom is 0.410 e. The van der Waals surface area contributed by atoms with Crippen molar-refractivity contribution in [3.8, 4) is 22.3 Å². The first-order valence-corrected chi connectivity index (χ1v) is 16.2. The Hall–Kier alpha value is -4.66. The summed E-state index contributed by atoms with van der Waals surface area (Å²) in [4.78, 5) is 25.3. The number of fused-ring (bicyclic) bond motifs is 1. The van der Waals surface area contributed by atoms with E-state index in [2.05, 4.69) is 47.1 Å². The van der Waals surface area contributed by atoms with Crippen LogP contribution in [0, 0.1) is 19.7 Å². The number of hydrogen-bond acceptors (Lipinski definition) is 5. The number of carbonyl (C=O) groups excluding carboxylic acids is 1. The Morgan fingerprint density at radius 2 is 1.74 bits per heavy atom. The van der Waals surface area contributed by atoms with Crippen LogP contribution in [0.1, 0.15) is 62.2 Å². The molecule has 0 spiro atoms. The maximum atomic E-state index is 13.9. The lowest BCUT2D eigenvalue weighted by Crippen LogP contribution is -2.50. The van der Waals surface area contributed by atoms with Crippen LogP contribution >= 0.6 is 0 Å². The minimum atomic E-state index is -0.494. The fourth-order valence-corrected chi connectivity index (χ4v) is 6.54. The van der Waals surface area contributed by atoms with E-state index in [0.717, 1.165) is 82.0 Å². The second-order valence-electron chi connectivity index (χ2n) is 13.6. The van der Waals surface area contributed by atoms with Gasteiger partial charge in [-0.3, -0.25) is 4.68 Å². The SMILES string of the molecule is Cc1nn(Cc2cccc(F)c2)c(C)c1-c1c[nH]c2nc(C3CC3)c(-c3ccc(N4CCN(C(=O)OC(C)(C)C)CC4)cc3)cc12. The minimum Gasteiger partial charge on any atom is -0.444 e. The van der Waals surface area contributed by atoms with Gasteiger partial charge in [0.1, 0.15) is 17.1 Å². The number of rotatable bonds is 6. The zero-order valence-electron chi connectivity index (χ0n) is 27.2. The highest BCUT2D eigenvalue weighted by atomic mass is 19.1. The van der Waals surface area contributed by atoms with E-state index in [4.69, 9.17) is 14.8 Å². The lowest BCUT2D eigenvalue weighted by atomic mass is 9.97. The van der Waals surface area contributed by atoms with Crippen molar-refractivity contribution in [3.63, 3.8) is 0 Å². The summed E-state index contributed by atoms with van der Waals surface area (Å²) in [6.45, 7) is 13.1. The molecule has 0 unspecified atom stereocenters. The van der Waals surface area contributed by atoms with E-state index in [1.54, 1.807) is 17.0 Å². The van der Waals surface area contributed by atoms with E-state index >= 15 is 0 Å². The molecule has 1 N–H and O–H groups in total. The van der Waals surface area contributed by atoms with E-state index in [0.29, 0.717) is 25.6 Å². The number of amides is 1. The molecule has 3 aromatic heterocycles. The van der Waals surface area contributed by atoms with Crippen molar-refractivity contribution in [1.82, 2.24) is 24.6 Å². The molecule has 1 aliphatic heterocycles. The number of nitrogens with one attached hydrogen (secondary N) is 1. The van der Waals surface area contributed by atoms with Crippen LogP contribution in [0.5, 0.6) is 0 Å². The van der Waals surface area contributed by atoms with Crippen LogP contribution in [0.4, 0.5) is 14.9 Å². The summed E-state index contributed by atoms with van der Waals surface area (Å²) in [5.74, 6) is 0.235. The Labute approximate surface area is 269 Å². The summed E-state index contributed by atoms with van der Waals surface area (Å²) in [5, 5.41) is 5.91. The highest BCUT2D eigenvalue weighted by molar-refractivity contribution is 5.97. The average molecular weight is 621 g/mol. The van der Waals surface area contributed by atoms with Gasteiger partial charge >= 0.3 is 6.09 Å². The highest BCUT2D eigenvalue weighted by Crippen LogP contribution is 2.45. The summed E-state index contributed by atoms with van der Waals surface area (Å²) in [6.07, 6.45) is 4.11. The average Bonchev–Trinajstić information content (AvgIpc) is 3.74. The largest absolute Gasteiger partial charge is 0.444 e. The molecule has 0 radical (unpaired) electrons. The van der Waals surface area contributed by atoms with Crippen LogP contribution in [-0.2, 0) is 11.3 Å². The second kappa shape index (κ2) is 11.6. The third-order valence-electron chi connectivity index (χ3n) is 9.01. The van der Waals surface area contributed by atoms with Crippen LogP contribution in [-0.4, -0.2) is 62.5 Å². The number of benzene rings is 2. The molecule has 1 saturated carbocycles. The molecular weight excluding hydrogens is 579 g/mol. The molecule has 9 heteroatoms. The Bertz CT molecular complexity index is 1910. The van der Waals surface area contributed by atoms with Crippen molar-refractivity contribution in [3.05, 3.63) is 89.3 Å². The van der Waals surface area contributed by atoms with Crippen molar-refractivity contribution >= 4 is 22.8 Å². The van der Waals surface area contributed by atoms with Crippen LogP contribution in [0.2, 0.25) is 0 Å². The Balaban J connectivity index is 1.16. The molecular formula is C37H41FN6O2. The van der Waals surface area contributed by atoms with E-state index in [1.807, 2.05) is 44.6 Å². The van der Waals surface area contributed by atoms with E-state index in [9.17, 15) is 9.18 Å². The first-order chi connectivity index (χ1) is 22.0. The van der Waals surface area contributed by atoms with E-state index in [-0.39, 0.29) is 11.9 Å². The molecule has 4 heterocycles. The van der Waals surface area contributed by atoms with Gasteiger partial charge in [0.15, 0.2) is 0 Å². The summed E-state index contributed by atoms with van der Waals surface area (Å²) in [6, 6.07) is 17.7. The molecule has 238 valence electrons. The third kappa shape index (κ3) is 5.98. The van der Waals surface area contributed by atoms with Crippen molar-refractivity contribution in [2.75, 3.05) is 31.1 Å². The quantitative estimate of drug-likeness (QED) is 0.209. The molecule has 7 rings (SSSR count). The van der Waals surface area contributed by atoms with Gasteiger partial charge in [-0.1, -0.05) is 24.3 Å². The zero-order chi connectivity index (χ0) is 32.2. The van der Waals surface area contributed by atoms with Crippen LogP contribution in [0.3, 0.4) is 0 Å². The third-order valence-corrected chi connectivity index (χ3v) is 9.01. The molecule has 5 aromatic rings. The number of hydrogen-bond donors (Lipinski definition) is 1. The lowest BCUT2D eigenvalue weighted by Gasteiger charge is -2.36. The summed E-state index contributed by atoms with van der Waals surface area (Å²) in [5.41, 5.74) is 10.00. The molecule has 2 fully saturated rings. The monoisotopic (exact) mass is 620 g/mol. The molecule has 1 aliphatic carbocycles. The van der Waals surface area contributed by atoms with Gasteiger partial charge < -0.3 is 19.5 Å². The fourth-order valence-electron chi connectivity index (χ4n) is 6.54. The Morgan fingerprint density at radius 1 is 1.00 bits per heavy atom. The zero-order valence-corrected chi connectivity index (χ0v) is 27.2. The predicted octanol–water partition coefficient (Wildman–Crippen LogP) is 7.83. The number of aromatic nitrogens is 4. The Morgan fingerprint density at radius 3 is 2.41 bits per heavy atom. The normalized spacial score (nSPS) is 15.5. The van der Waals surface area contributed by atoms with Crippen LogP contribution in [0.15, 0.2) is 60.8 Å². The number of halogens is 1. The number of anilines is 1. The van der Waals surface area contributed by atoms with Crippen LogP contribution in [0.25, 0.3) is 33.3 Å². The number of nitrogens with zero attached hydrogens (tertiary/aromatic N) is 5. The van der Waals surface area contributed by atoms with Crippen molar-refractivity contribution < 1.29 is 13.9 Å². The number of ether oxygens (including phenoxy) is 1. The van der Waals surface area contributed by atoms with Gasteiger partial charge in [0.2, 0.25) is 0 Å². The van der Waals surface area contributed by atoms with Crippen molar-refractivity contribution in [2.45, 2.75) is 65.5 Å². The van der Waals surface area contributed by atoms with Gasteiger partial charge in [-0.15, -0.1) is 0 Å². The van der Waals surface area contributed by atoms with Gasteiger partial charge in [-0.2, -0.15) is 5.10 Å². The van der Waals surface area contributed by atoms with Gasteiger partial charge in [0.05, 0.1) is 17.9 Å². The van der Waals surface area contributed by atoms with Crippen LogP contribution < -0.4 is 4.90 Å². The molecule has 1 amide bonds. The van der Waals surface area contributed by atoms with E-state index < -0.39 is 5.60 Å². The lowest BCUT2D eigenvalue weighted by molar-refractivity contribution is 0.0240. The number of aromatic amines is 1. The molecule has 2 aromatic carbocycles. The molecule has 2 aliphatic rings. The molecule has 8 nitrogen and oxygen atoms in total. The smallest absolute Gasteiger partial charge is 0.410 e. The van der Waals surface area contributed by atoms with Crippen molar-refractivity contribution in [1.29, 1.82) is 0 Å². The predicted molar refractivity (Wildman–Crippen MR) is 180 cm³/mol. The number of pyridine rings is 1. The summed E-state index contributed by atoms with van der Waals surface area (Å²) < 4.78 is 21.4. The number of piperazine rings is 1. The first kappa shape index (κ1) is 30.0. The maximum absolute atomic E-state index is 13.9. The topological polar surface area (TPSA) is 79.3 Å². The van der Waals surface area contributed by atoms with Crippen molar-refractivity contribution in [2.24, 2.45) is 0 Å². The number of aryl methyl sites for hydroxylation is 1.